The molecule has 0 amide bonds. The fourth-order valence-corrected chi connectivity index (χ4v) is 3.41. The van der Waals surface area contributed by atoms with Gasteiger partial charge in [0.1, 0.15) is 11.3 Å². The predicted octanol–water partition coefficient (Wildman–Crippen LogP) is 6.05. The summed E-state index contributed by atoms with van der Waals surface area (Å²) in [6, 6.07) is 10.2. The first-order valence-electron chi connectivity index (χ1n) is 7.76. The van der Waals surface area contributed by atoms with Crippen LogP contribution in [0.2, 0.25) is 15.1 Å². The number of nitrogens with zero attached hydrogens (tertiary/aromatic N) is 1. The van der Waals surface area contributed by atoms with E-state index in [4.69, 9.17) is 44.3 Å². The van der Waals surface area contributed by atoms with Gasteiger partial charge in [-0.15, -0.1) is 0 Å². The lowest BCUT2D eigenvalue weighted by molar-refractivity contribution is 0.0527. The Morgan fingerprint density at radius 2 is 1.88 bits per heavy atom. The summed E-state index contributed by atoms with van der Waals surface area (Å²) < 4.78 is 10.4. The summed E-state index contributed by atoms with van der Waals surface area (Å²) in [7, 11) is 1.55. The number of hydrogen-bond donors (Lipinski definition) is 0. The van der Waals surface area contributed by atoms with Crippen molar-refractivity contribution >= 4 is 51.7 Å². The first-order chi connectivity index (χ1) is 12.5. The second-order valence-corrected chi connectivity index (χ2v) is 6.60. The number of hydrogen-bond acceptors (Lipinski definition) is 4. The summed E-state index contributed by atoms with van der Waals surface area (Å²) in [5, 5.41) is 1.66. The Kier molecular flexibility index (Phi) is 5.56. The highest BCUT2D eigenvalue weighted by Gasteiger charge is 2.24. The fraction of sp³-hybridized carbons (Fsp3) is 0.158. The molecule has 26 heavy (non-hydrogen) atoms. The fourth-order valence-electron chi connectivity index (χ4n) is 2.60. The lowest BCUT2D eigenvalue weighted by atomic mass is 10.0. The molecule has 3 aromatic rings. The standard InChI is InChI=1S/C19H14Cl3NO3/c1-3-26-19(24)16-17(22)13-9-11(25-2)5-7-15(13)23-18(16)12-6-4-10(20)8-14(12)21/h4-9H,3H2,1-2H3. The average molecular weight is 411 g/mol. The van der Waals surface area contributed by atoms with E-state index < -0.39 is 5.97 Å². The summed E-state index contributed by atoms with van der Waals surface area (Å²) in [5.74, 6) is 0.0315. The van der Waals surface area contributed by atoms with Crippen LogP contribution in [0.25, 0.3) is 22.2 Å². The number of ether oxygens (including phenoxy) is 2. The van der Waals surface area contributed by atoms with Gasteiger partial charge < -0.3 is 9.47 Å². The van der Waals surface area contributed by atoms with Gasteiger partial charge in [0.05, 0.1) is 35.0 Å². The van der Waals surface area contributed by atoms with E-state index in [2.05, 4.69) is 4.98 Å². The number of rotatable bonds is 4. The first kappa shape index (κ1) is 18.8. The highest BCUT2D eigenvalue weighted by atomic mass is 35.5. The third-order valence-electron chi connectivity index (χ3n) is 3.79. The van der Waals surface area contributed by atoms with Crippen LogP contribution in [0.1, 0.15) is 17.3 Å². The molecule has 0 atom stereocenters. The zero-order chi connectivity index (χ0) is 18.8. The van der Waals surface area contributed by atoms with Gasteiger partial charge in [-0.1, -0.05) is 34.8 Å². The van der Waals surface area contributed by atoms with Crippen LogP contribution >= 0.6 is 34.8 Å². The molecule has 4 nitrogen and oxygen atoms in total. The SMILES string of the molecule is CCOC(=O)c1c(-c2ccc(Cl)cc2Cl)nc2ccc(OC)cc2c1Cl. The molecule has 0 saturated carbocycles. The van der Waals surface area contributed by atoms with Crippen LogP contribution in [-0.2, 0) is 4.74 Å². The number of esters is 1. The summed E-state index contributed by atoms with van der Waals surface area (Å²) in [4.78, 5) is 17.2. The molecule has 1 heterocycles. The minimum atomic E-state index is -0.573. The number of fused-ring (bicyclic) bond motifs is 1. The lowest BCUT2D eigenvalue weighted by Gasteiger charge is -2.14. The van der Waals surface area contributed by atoms with E-state index in [-0.39, 0.29) is 17.2 Å². The Labute approximate surface area is 165 Å². The number of methoxy groups -OCH3 is 1. The second kappa shape index (κ2) is 7.70. The molecule has 0 aliphatic rings. The quantitative estimate of drug-likeness (QED) is 0.491. The molecule has 0 N–H and O–H groups in total. The van der Waals surface area contributed by atoms with Crippen molar-refractivity contribution in [1.29, 1.82) is 0 Å². The molecular weight excluding hydrogens is 397 g/mol. The van der Waals surface area contributed by atoms with E-state index in [0.717, 1.165) is 0 Å². The Balaban J connectivity index is 2.36. The van der Waals surface area contributed by atoms with Crippen LogP contribution in [0.5, 0.6) is 5.75 Å². The normalized spacial score (nSPS) is 10.8. The van der Waals surface area contributed by atoms with Gasteiger partial charge in [-0.05, 0) is 43.3 Å². The second-order valence-electron chi connectivity index (χ2n) is 5.38. The maximum atomic E-state index is 12.6. The number of benzene rings is 2. The molecule has 0 fully saturated rings. The number of carbonyl (C=O) groups excluding carboxylic acids is 1. The van der Waals surface area contributed by atoms with E-state index in [9.17, 15) is 4.79 Å². The van der Waals surface area contributed by atoms with Crippen LogP contribution < -0.4 is 4.74 Å². The van der Waals surface area contributed by atoms with Crippen molar-refractivity contribution in [2.24, 2.45) is 0 Å². The van der Waals surface area contributed by atoms with Crippen molar-refractivity contribution in [2.75, 3.05) is 13.7 Å². The molecule has 0 spiro atoms. The first-order valence-corrected chi connectivity index (χ1v) is 8.89. The van der Waals surface area contributed by atoms with Crippen LogP contribution in [0.15, 0.2) is 36.4 Å². The van der Waals surface area contributed by atoms with Crippen molar-refractivity contribution < 1.29 is 14.3 Å². The van der Waals surface area contributed by atoms with Gasteiger partial charge in [0.15, 0.2) is 0 Å². The average Bonchev–Trinajstić information content (AvgIpc) is 2.61. The molecule has 7 heteroatoms. The smallest absolute Gasteiger partial charge is 0.341 e. The monoisotopic (exact) mass is 409 g/mol. The Hall–Kier alpha value is -2.01. The van der Waals surface area contributed by atoms with E-state index in [1.165, 1.54) is 0 Å². The molecular formula is C19H14Cl3NO3. The molecule has 0 aliphatic heterocycles. The van der Waals surface area contributed by atoms with Gasteiger partial charge in [0.25, 0.3) is 0 Å². The third kappa shape index (κ3) is 3.45. The van der Waals surface area contributed by atoms with Crippen molar-refractivity contribution in [3.05, 3.63) is 57.0 Å². The van der Waals surface area contributed by atoms with Gasteiger partial charge in [0.2, 0.25) is 0 Å². The predicted molar refractivity (Wildman–Crippen MR) is 105 cm³/mol. The molecule has 3 rings (SSSR count). The molecule has 0 saturated heterocycles. The number of aromatic nitrogens is 1. The molecule has 0 bridgehead atoms. The molecule has 0 aliphatic carbocycles. The summed E-state index contributed by atoms with van der Waals surface area (Å²) in [6.45, 7) is 1.93. The molecule has 1 aromatic heterocycles. The zero-order valence-electron chi connectivity index (χ0n) is 14.0. The van der Waals surface area contributed by atoms with Gasteiger partial charge in [-0.25, -0.2) is 9.78 Å². The van der Waals surface area contributed by atoms with E-state index >= 15 is 0 Å². The van der Waals surface area contributed by atoms with E-state index in [0.29, 0.717) is 38.0 Å². The van der Waals surface area contributed by atoms with Crippen molar-refractivity contribution in [3.63, 3.8) is 0 Å². The van der Waals surface area contributed by atoms with Crippen LogP contribution in [0, 0.1) is 0 Å². The van der Waals surface area contributed by atoms with Gasteiger partial charge >= 0.3 is 5.97 Å². The Bertz CT molecular complexity index is 1000. The van der Waals surface area contributed by atoms with Crippen LogP contribution in [-0.4, -0.2) is 24.7 Å². The van der Waals surface area contributed by atoms with Crippen molar-refractivity contribution in [3.8, 4) is 17.0 Å². The van der Waals surface area contributed by atoms with E-state index in [1.54, 1.807) is 50.4 Å². The number of halogens is 3. The highest BCUT2D eigenvalue weighted by Crippen LogP contribution is 2.38. The van der Waals surface area contributed by atoms with E-state index in [1.807, 2.05) is 0 Å². The maximum absolute atomic E-state index is 12.6. The van der Waals surface area contributed by atoms with Crippen LogP contribution in [0.3, 0.4) is 0 Å². The number of pyridine rings is 1. The molecule has 2 aromatic carbocycles. The van der Waals surface area contributed by atoms with Crippen LogP contribution in [0.4, 0.5) is 0 Å². The minimum Gasteiger partial charge on any atom is -0.497 e. The van der Waals surface area contributed by atoms with Gasteiger partial charge in [-0.3, -0.25) is 0 Å². The van der Waals surface area contributed by atoms with Gasteiger partial charge in [0, 0.05) is 16.0 Å². The third-order valence-corrected chi connectivity index (χ3v) is 4.73. The largest absolute Gasteiger partial charge is 0.497 e. The zero-order valence-corrected chi connectivity index (χ0v) is 16.2. The molecule has 0 radical (unpaired) electrons. The lowest BCUT2D eigenvalue weighted by Crippen LogP contribution is -2.09. The summed E-state index contributed by atoms with van der Waals surface area (Å²) in [6.07, 6.45) is 0. The van der Waals surface area contributed by atoms with Crippen molar-refractivity contribution in [2.45, 2.75) is 6.92 Å². The molecule has 134 valence electrons. The minimum absolute atomic E-state index is 0.151. The highest BCUT2D eigenvalue weighted by molar-refractivity contribution is 6.40. The van der Waals surface area contributed by atoms with Crippen molar-refractivity contribution in [1.82, 2.24) is 4.98 Å². The summed E-state index contributed by atoms with van der Waals surface area (Å²) >= 11 is 18.9. The number of carbonyl (C=O) groups is 1. The Morgan fingerprint density at radius 3 is 2.54 bits per heavy atom. The Morgan fingerprint density at radius 1 is 1.12 bits per heavy atom. The van der Waals surface area contributed by atoms with Gasteiger partial charge in [-0.2, -0.15) is 0 Å². The summed E-state index contributed by atoms with van der Waals surface area (Å²) in [5.41, 5.74) is 1.63. The molecule has 0 unspecified atom stereocenters. The maximum Gasteiger partial charge on any atom is 0.341 e. The topological polar surface area (TPSA) is 48.4 Å².